The van der Waals surface area contributed by atoms with Gasteiger partial charge in [-0.3, -0.25) is 9.69 Å². The van der Waals surface area contributed by atoms with Crippen molar-refractivity contribution in [2.75, 3.05) is 6.54 Å². The van der Waals surface area contributed by atoms with Crippen LogP contribution in [-0.2, 0) is 4.74 Å². The predicted molar refractivity (Wildman–Crippen MR) is 99.8 cm³/mol. The maximum Gasteiger partial charge on any atom is 0.410 e. The number of ether oxygens (including phenoxy) is 1. The zero-order valence-electron chi connectivity index (χ0n) is 14.3. The lowest BCUT2D eigenvalue weighted by Gasteiger charge is -2.35. The van der Waals surface area contributed by atoms with Crippen LogP contribution in [0.3, 0.4) is 0 Å². The zero-order chi connectivity index (χ0) is 17.9. The number of piperidine rings is 1. The second kappa shape index (κ2) is 5.81. The van der Waals surface area contributed by atoms with E-state index >= 15 is 0 Å². The van der Waals surface area contributed by atoms with Crippen LogP contribution >= 0.6 is 27.3 Å². The van der Waals surface area contributed by atoms with Crippen molar-refractivity contribution in [3.63, 3.8) is 0 Å². The van der Waals surface area contributed by atoms with Crippen molar-refractivity contribution in [3.8, 4) is 0 Å². The maximum atomic E-state index is 12.7. The van der Waals surface area contributed by atoms with Gasteiger partial charge in [0.15, 0.2) is 0 Å². The minimum absolute atomic E-state index is 0.155. The van der Waals surface area contributed by atoms with Crippen LogP contribution in [0.4, 0.5) is 4.79 Å². The molecule has 1 unspecified atom stereocenters. The molecule has 2 aromatic rings. The molecule has 2 aliphatic rings. The monoisotopic (exact) mass is 425 g/mol. The number of rotatable bonds is 1. The van der Waals surface area contributed by atoms with E-state index in [1.54, 1.807) is 4.90 Å². The largest absolute Gasteiger partial charge is 0.444 e. The summed E-state index contributed by atoms with van der Waals surface area (Å²) >= 11 is 4.77. The summed E-state index contributed by atoms with van der Waals surface area (Å²) in [5, 5.41) is 0. The third-order valence-corrected chi connectivity index (χ3v) is 6.34. The number of hydrogen-bond acceptors (Lipinski definition) is 5. The molecule has 3 heterocycles. The van der Waals surface area contributed by atoms with Crippen molar-refractivity contribution >= 4 is 43.6 Å². The van der Waals surface area contributed by atoms with Crippen molar-refractivity contribution < 1.29 is 9.53 Å². The van der Waals surface area contributed by atoms with Gasteiger partial charge in [-0.2, -0.15) is 0 Å². The first-order valence-electron chi connectivity index (χ1n) is 8.40. The van der Waals surface area contributed by atoms with Gasteiger partial charge in [0.05, 0.1) is 15.3 Å². The Morgan fingerprint density at radius 2 is 2.16 bits per heavy atom. The first-order valence-corrected chi connectivity index (χ1v) is 10.0. The van der Waals surface area contributed by atoms with E-state index in [9.17, 15) is 9.59 Å². The third kappa shape index (κ3) is 3.33. The van der Waals surface area contributed by atoms with Gasteiger partial charge in [-0.25, -0.2) is 9.78 Å². The van der Waals surface area contributed by atoms with Crippen molar-refractivity contribution in [1.29, 1.82) is 0 Å². The number of amides is 1. The number of thiophene rings is 1. The molecule has 134 valence electrons. The summed E-state index contributed by atoms with van der Waals surface area (Å²) in [6, 6.07) is 1.61. The summed E-state index contributed by atoms with van der Waals surface area (Å²) in [4.78, 5) is 34.4. The van der Waals surface area contributed by atoms with Gasteiger partial charge in [-0.1, -0.05) is 0 Å². The fraction of sp³-hybridized carbons (Fsp3) is 0.588. The number of aromatic nitrogens is 2. The Labute approximate surface area is 157 Å². The summed E-state index contributed by atoms with van der Waals surface area (Å²) in [7, 11) is 0. The van der Waals surface area contributed by atoms with Crippen molar-refractivity contribution in [1.82, 2.24) is 14.9 Å². The van der Waals surface area contributed by atoms with Gasteiger partial charge < -0.3 is 9.72 Å². The highest BCUT2D eigenvalue weighted by atomic mass is 79.9. The molecule has 0 aromatic carbocycles. The van der Waals surface area contributed by atoms with Crippen LogP contribution in [0, 0.1) is 11.8 Å². The van der Waals surface area contributed by atoms with Crippen LogP contribution < -0.4 is 5.56 Å². The first-order chi connectivity index (χ1) is 11.7. The third-order valence-electron chi connectivity index (χ3n) is 4.72. The topological polar surface area (TPSA) is 75.3 Å². The highest BCUT2D eigenvalue weighted by Crippen LogP contribution is 2.51. The fourth-order valence-electron chi connectivity index (χ4n) is 3.48. The Morgan fingerprint density at radius 1 is 1.40 bits per heavy atom. The number of aromatic amines is 1. The van der Waals surface area contributed by atoms with Gasteiger partial charge in [0.2, 0.25) is 0 Å². The normalized spacial score (nSPS) is 25.8. The van der Waals surface area contributed by atoms with E-state index in [4.69, 9.17) is 4.74 Å². The number of nitrogens with zero attached hydrogens (tertiary/aromatic N) is 2. The molecule has 1 aliphatic carbocycles. The van der Waals surface area contributed by atoms with Crippen molar-refractivity contribution in [2.45, 2.75) is 45.3 Å². The van der Waals surface area contributed by atoms with Crippen LogP contribution in [0.5, 0.6) is 0 Å². The number of likely N-dealkylation sites (tertiary alicyclic amines) is 1. The maximum absolute atomic E-state index is 12.7. The SMILES string of the molecule is CC(C)(C)OC(=O)N1C[C@@H]2C[C@@H]2CC1c1nc2cc(Br)sc2c(=O)[nH]1. The van der Waals surface area contributed by atoms with E-state index in [2.05, 4.69) is 25.9 Å². The Balaban J connectivity index is 1.70. The van der Waals surface area contributed by atoms with Crippen molar-refractivity contribution in [3.05, 3.63) is 26.0 Å². The molecule has 3 atom stereocenters. The Bertz CT molecular complexity index is 901. The van der Waals surface area contributed by atoms with Gasteiger partial charge in [-0.15, -0.1) is 11.3 Å². The summed E-state index contributed by atoms with van der Waals surface area (Å²) in [5.41, 5.74) is -0.0409. The van der Waals surface area contributed by atoms with E-state index in [0.717, 1.165) is 16.6 Å². The van der Waals surface area contributed by atoms with Crippen LogP contribution in [-0.4, -0.2) is 33.1 Å². The molecule has 0 radical (unpaired) electrons. The number of fused-ring (bicyclic) bond motifs is 2. The smallest absolute Gasteiger partial charge is 0.410 e. The Hall–Kier alpha value is -1.41. The van der Waals surface area contributed by atoms with E-state index in [1.807, 2.05) is 26.8 Å². The number of nitrogens with one attached hydrogen (secondary N) is 1. The summed E-state index contributed by atoms with van der Waals surface area (Å²) in [6.07, 6.45) is 1.62. The minimum atomic E-state index is -0.551. The second-order valence-corrected chi connectivity index (χ2v) is 10.3. The minimum Gasteiger partial charge on any atom is -0.444 e. The number of halogens is 1. The number of hydrogen-bond donors (Lipinski definition) is 1. The standard InChI is InChI=1S/C17H20BrN3O3S/c1-17(2,3)24-16(23)21-7-9-4-8(9)5-11(21)14-19-10-6-12(18)25-13(10)15(22)20-14/h6,8-9,11H,4-5,7H2,1-3H3,(H,19,20,22)/t8-,9+,11?/m1/s1. The average molecular weight is 426 g/mol. The predicted octanol–water partition coefficient (Wildman–Crippen LogP) is 4.07. The average Bonchev–Trinajstić information content (AvgIpc) is 3.16. The Kier molecular flexibility index (Phi) is 3.95. The zero-order valence-corrected chi connectivity index (χ0v) is 16.7. The van der Waals surface area contributed by atoms with Gasteiger partial charge in [-0.05, 0) is 67.4 Å². The van der Waals surface area contributed by atoms with Gasteiger partial charge in [0, 0.05) is 6.54 Å². The molecule has 2 aromatic heterocycles. The molecule has 8 heteroatoms. The molecule has 0 spiro atoms. The molecule has 1 saturated heterocycles. The summed E-state index contributed by atoms with van der Waals surface area (Å²) in [5.74, 6) is 1.72. The molecule has 2 fully saturated rings. The number of carbonyl (C=O) groups excluding carboxylic acids is 1. The molecular formula is C17H20BrN3O3S. The van der Waals surface area contributed by atoms with E-state index in [1.165, 1.54) is 11.3 Å². The lowest BCUT2D eigenvalue weighted by atomic mass is 10.0. The van der Waals surface area contributed by atoms with Crippen LogP contribution in [0.1, 0.15) is 45.5 Å². The van der Waals surface area contributed by atoms with E-state index in [-0.39, 0.29) is 17.7 Å². The molecule has 1 saturated carbocycles. The van der Waals surface area contributed by atoms with Gasteiger partial charge in [0.25, 0.3) is 5.56 Å². The van der Waals surface area contributed by atoms with Gasteiger partial charge >= 0.3 is 6.09 Å². The number of carbonyl (C=O) groups is 1. The Morgan fingerprint density at radius 3 is 2.88 bits per heavy atom. The second-order valence-electron chi connectivity index (χ2n) is 7.86. The molecule has 1 amide bonds. The molecule has 0 bridgehead atoms. The van der Waals surface area contributed by atoms with Crippen molar-refractivity contribution in [2.24, 2.45) is 11.8 Å². The van der Waals surface area contributed by atoms with Crippen LogP contribution in [0.2, 0.25) is 0 Å². The van der Waals surface area contributed by atoms with E-state index in [0.29, 0.717) is 34.4 Å². The molecular weight excluding hydrogens is 406 g/mol. The molecule has 25 heavy (non-hydrogen) atoms. The molecule has 1 N–H and O–H groups in total. The number of H-pyrrole nitrogens is 1. The summed E-state index contributed by atoms with van der Waals surface area (Å²) < 4.78 is 7.04. The molecule has 6 nitrogen and oxygen atoms in total. The molecule has 4 rings (SSSR count). The van der Waals surface area contributed by atoms with Gasteiger partial charge in [0.1, 0.15) is 16.1 Å². The van der Waals surface area contributed by atoms with Crippen LogP contribution in [0.15, 0.2) is 14.6 Å². The first kappa shape index (κ1) is 17.0. The van der Waals surface area contributed by atoms with Crippen LogP contribution in [0.25, 0.3) is 10.2 Å². The van der Waals surface area contributed by atoms with E-state index < -0.39 is 5.60 Å². The molecule has 1 aliphatic heterocycles. The highest BCUT2D eigenvalue weighted by molar-refractivity contribution is 9.11. The fourth-order valence-corrected chi connectivity index (χ4v) is 4.91. The highest BCUT2D eigenvalue weighted by Gasteiger charge is 2.49. The quantitative estimate of drug-likeness (QED) is 0.746. The summed E-state index contributed by atoms with van der Waals surface area (Å²) in [6.45, 7) is 6.25. The lowest BCUT2D eigenvalue weighted by Crippen LogP contribution is -2.43. The lowest BCUT2D eigenvalue weighted by molar-refractivity contribution is 0.00722.